The Labute approximate surface area is 82.5 Å². The second kappa shape index (κ2) is 7.28. The molecule has 0 atom stereocenters. The molecule has 0 unspecified atom stereocenters. The summed E-state index contributed by atoms with van der Waals surface area (Å²) < 4.78 is 0. The molecular weight excluding hydrogens is 188 g/mol. The Morgan fingerprint density at radius 2 is 1.93 bits per heavy atom. The first-order valence-corrected chi connectivity index (χ1v) is 4.38. The fourth-order valence-electron chi connectivity index (χ4n) is 0.781. The van der Waals surface area contributed by atoms with Crippen molar-refractivity contribution >= 4 is 11.8 Å². The number of amides is 2. The Bertz CT molecular complexity index is 196. The van der Waals surface area contributed by atoms with Gasteiger partial charge in [0.25, 0.3) is 0 Å². The molecule has 0 aliphatic rings. The summed E-state index contributed by atoms with van der Waals surface area (Å²) in [4.78, 5) is 23.4. The maximum atomic E-state index is 11.2. The van der Waals surface area contributed by atoms with E-state index >= 15 is 0 Å². The second-order valence-corrected chi connectivity index (χ2v) is 2.78. The molecule has 0 heterocycles. The van der Waals surface area contributed by atoms with Crippen LogP contribution in [0.25, 0.3) is 0 Å². The van der Waals surface area contributed by atoms with Gasteiger partial charge in [-0.3, -0.25) is 9.59 Å². The van der Waals surface area contributed by atoms with E-state index < -0.39 is 11.8 Å². The van der Waals surface area contributed by atoms with Crippen LogP contribution in [0.5, 0.6) is 0 Å². The van der Waals surface area contributed by atoms with Crippen molar-refractivity contribution in [2.45, 2.75) is 6.42 Å². The molecule has 0 rings (SSSR count). The van der Waals surface area contributed by atoms with Crippen molar-refractivity contribution in [3.05, 3.63) is 0 Å². The monoisotopic (exact) mass is 204 g/mol. The van der Waals surface area contributed by atoms with Crippen molar-refractivity contribution in [3.8, 4) is 0 Å². The van der Waals surface area contributed by atoms with Gasteiger partial charge in [-0.25, -0.2) is 0 Å². The molecule has 0 aliphatic heterocycles. The summed E-state index contributed by atoms with van der Waals surface area (Å²) in [6.07, 6.45) is 0.419. The van der Waals surface area contributed by atoms with Gasteiger partial charge in [0.05, 0.1) is 6.61 Å². The molecule has 0 aromatic carbocycles. The van der Waals surface area contributed by atoms with Gasteiger partial charge in [-0.1, -0.05) is 0 Å². The summed E-state index contributed by atoms with van der Waals surface area (Å²) in [5.41, 5.74) is 0. The van der Waals surface area contributed by atoms with Crippen molar-refractivity contribution in [1.82, 2.24) is 10.2 Å². The molecule has 0 saturated carbocycles. The molecule has 3 N–H and O–H groups in total. The van der Waals surface area contributed by atoms with Crippen molar-refractivity contribution in [1.29, 1.82) is 0 Å². The van der Waals surface area contributed by atoms with E-state index in [0.717, 1.165) is 4.90 Å². The predicted octanol–water partition coefficient (Wildman–Crippen LogP) is -2.06. The Balaban J connectivity index is 3.81. The highest BCUT2D eigenvalue weighted by Crippen LogP contribution is 1.84. The number of aliphatic hydroxyl groups is 2. The number of carbonyl (C=O) groups excluding carboxylic acids is 2. The van der Waals surface area contributed by atoms with Crippen LogP contribution >= 0.6 is 0 Å². The molecule has 2 amide bonds. The van der Waals surface area contributed by atoms with E-state index in [4.69, 9.17) is 10.2 Å². The normalized spacial score (nSPS) is 9.64. The van der Waals surface area contributed by atoms with Gasteiger partial charge in [-0.15, -0.1) is 0 Å². The van der Waals surface area contributed by atoms with Gasteiger partial charge >= 0.3 is 11.8 Å². The maximum absolute atomic E-state index is 11.2. The summed E-state index contributed by atoms with van der Waals surface area (Å²) >= 11 is 0. The summed E-state index contributed by atoms with van der Waals surface area (Å²) in [5, 5.41) is 19.3. The molecule has 0 fully saturated rings. The van der Waals surface area contributed by atoms with Crippen LogP contribution in [0.1, 0.15) is 6.42 Å². The average molecular weight is 204 g/mol. The third kappa shape index (κ3) is 4.78. The number of nitrogens with zero attached hydrogens (tertiary/aromatic N) is 1. The SMILES string of the molecule is CN(CCO)C(=O)C(=O)NCCCO. The fraction of sp³-hybridized carbons (Fsp3) is 0.750. The van der Waals surface area contributed by atoms with Crippen LogP contribution < -0.4 is 5.32 Å². The van der Waals surface area contributed by atoms with E-state index in [-0.39, 0.29) is 26.3 Å². The number of hydrogen-bond donors (Lipinski definition) is 3. The van der Waals surface area contributed by atoms with Crippen LogP contribution in [0.3, 0.4) is 0 Å². The van der Waals surface area contributed by atoms with Crippen molar-refractivity contribution in [3.63, 3.8) is 0 Å². The number of carbonyl (C=O) groups is 2. The second-order valence-electron chi connectivity index (χ2n) is 2.78. The Morgan fingerprint density at radius 3 is 2.43 bits per heavy atom. The Kier molecular flexibility index (Phi) is 6.69. The minimum Gasteiger partial charge on any atom is -0.396 e. The van der Waals surface area contributed by atoms with E-state index in [1.165, 1.54) is 7.05 Å². The molecule has 0 saturated heterocycles. The molecule has 0 radical (unpaired) electrons. The summed E-state index contributed by atoms with van der Waals surface area (Å²) in [6.45, 7) is 0.202. The predicted molar refractivity (Wildman–Crippen MR) is 49.4 cm³/mol. The zero-order valence-corrected chi connectivity index (χ0v) is 8.19. The lowest BCUT2D eigenvalue weighted by Crippen LogP contribution is -2.42. The molecule has 0 aromatic heterocycles. The van der Waals surface area contributed by atoms with Gasteiger partial charge in [0.1, 0.15) is 0 Å². The van der Waals surface area contributed by atoms with Crippen molar-refractivity contribution < 1.29 is 19.8 Å². The largest absolute Gasteiger partial charge is 0.396 e. The van der Waals surface area contributed by atoms with Gasteiger partial charge in [-0.05, 0) is 6.42 Å². The minimum atomic E-state index is -0.714. The lowest BCUT2D eigenvalue weighted by molar-refractivity contribution is -0.145. The number of likely N-dealkylation sites (N-methyl/N-ethyl adjacent to an activating group) is 1. The Hall–Kier alpha value is -1.14. The molecule has 14 heavy (non-hydrogen) atoms. The fourth-order valence-corrected chi connectivity index (χ4v) is 0.781. The van der Waals surface area contributed by atoms with Crippen LogP contribution in [0.2, 0.25) is 0 Å². The summed E-state index contributed by atoms with van der Waals surface area (Å²) in [7, 11) is 1.43. The van der Waals surface area contributed by atoms with Gasteiger partial charge in [0.15, 0.2) is 0 Å². The molecule has 0 bridgehead atoms. The third-order valence-corrected chi connectivity index (χ3v) is 1.60. The average Bonchev–Trinajstić information content (AvgIpc) is 2.17. The van der Waals surface area contributed by atoms with Crippen molar-refractivity contribution in [2.24, 2.45) is 0 Å². The first-order valence-electron chi connectivity index (χ1n) is 4.38. The lowest BCUT2D eigenvalue weighted by atomic mass is 10.4. The highest BCUT2D eigenvalue weighted by Gasteiger charge is 2.16. The highest BCUT2D eigenvalue weighted by molar-refractivity contribution is 6.34. The van der Waals surface area contributed by atoms with Crippen LogP contribution in [0, 0.1) is 0 Å². The summed E-state index contributed by atoms with van der Waals surface area (Å²) in [6, 6.07) is 0. The summed E-state index contributed by atoms with van der Waals surface area (Å²) in [5.74, 6) is -1.40. The van der Waals surface area contributed by atoms with E-state index in [2.05, 4.69) is 5.32 Å². The van der Waals surface area contributed by atoms with Crippen LogP contribution in [-0.4, -0.2) is 60.3 Å². The van der Waals surface area contributed by atoms with Crippen LogP contribution in [0.15, 0.2) is 0 Å². The Morgan fingerprint density at radius 1 is 1.29 bits per heavy atom. The lowest BCUT2D eigenvalue weighted by Gasteiger charge is -2.14. The first-order chi connectivity index (χ1) is 6.63. The molecule has 6 nitrogen and oxygen atoms in total. The van der Waals surface area contributed by atoms with Crippen LogP contribution in [0.4, 0.5) is 0 Å². The molecule has 0 aliphatic carbocycles. The van der Waals surface area contributed by atoms with Crippen LogP contribution in [-0.2, 0) is 9.59 Å². The molecule has 0 aromatic rings. The standard InChI is InChI=1S/C8H16N2O4/c1-10(4-6-12)8(14)7(13)9-3-2-5-11/h11-12H,2-6H2,1H3,(H,9,13). The third-order valence-electron chi connectivity index (χ3n) is 1.60. The maximum Gasteiger partial charge on any atom is 0.311 e. The number of rotatable bonds is 5. The van der Waals surface area contributed by atoms with E-state index in [0.29, 0.717) is 6.42 Å². The number of aliphatic hydroxyl groups excluding tert-OH is 2. The van der Waals surface area contributed by atoms with Gasteiger partial charge in [0.2, 0.25) is 0 Å². The molecule has 6 heteroatoms. The van der Waals surface area contributed by atoms with Gasteiger partial charge in [-0.2, -0.15) is 0 Å². The zero-order chi connectivity index (χ0) is 11.0. The smallest absolute Gasteiger partial charge is 0.311 e. The zero-order valence-electron chi connectivity index (χ0n) is 8.19. The van der Waals surface area contributed by atoms with E-state index in [1.54, 1.807) is 0 Å². The first kappa shape index (κ1) is 12.9. The number of nitrogens with one attached hydrogen (secondary N) is 1. The van der Waals surface area contributed by atoms with E-state index in [1.807, 2.05) is 0 Å². The molecule has 82 valence electrons. The molecule has 0 spiro atoms. The quantitative estimate of drug-likeness (QED) is 0.355. The van der Waals surface area contributed by atoms with E-state index in [9.17, 15) is 9.59 Å². The number of hydrogen-bond acceptors (Lipinski definition) is 4. The highest BCUT2D eigenvalue weighted by atomic mass is 16.3. The van der Waals surface area contributed by atoms with Gasteiger partial charge in [0, 0.05) is 26.7 Å². The molecular formula is C8H16N2O4. The van der Waals surface area contributed by atoms with Gasteiger partial charge < -0.3 is 20.4 Å². The van der Waals surface area contributed by atoms with Crippen molar-refractivity contribution in [2.75, 3.05) is 33.4 Å². The topological polar surface area (TPSA) is 89.9 Å². The minimum absolute atomic E-state index is 0.0268.